The molecule has 1 heterocycles. The minimum Gasteiger partial charge on any atom is -0.264 e. The van der Waals surface area contributed by atoms with Crippen molar-refractivity contribution in [3.63, 3.8) is 0 Å². The van der Waals surface area contributed by atoms with Crippen LogP contribution >= 0.6 is 0 Å². The number of aromatic nitrogens is 1. The molecule has 15 heavy (non-hydrogen) atoms. The van der Waals surface area contributed by atoms with E-state index in [1.807, 2.05) is 12.4 Å². The van der Waals surface area contributed by atoms with Gasteiger partial charge in [-0.05, 0) is 55.1 Å². The molecular formula is C14H21N. The molecule has 1 fully saturated rings. The first kappa shape index (κ1) is 10.7. The van der Waals surface area contributed by atoms with E-state index in [2.05, 4.69) is 31.0 Å². The smallest absolute Gasteiger partial charge is 0.0302 e. The van der Waals surface area contributed by atoms with E-state index in [0.717, 1.165) is 17.8 Å². The number of nitrogens with zero attached hydrogens (tertiary/aromatic N) is 1. The minimum atomic E-state index is 0.772. The summed E-state index contributed by atoms with van der Waals surface area (Å²) in [4.78, 5) is 4.21. The molecule has 1 heteroatoms. The van der Waals surface area contributed by atoms with E-state index in [9.17, 15) is 0 Å². The van der Waals surface area contributed by atoms with Crippen LogP contribution in [-0.4, -0.2) is 4.98 Å². The van der Waals surface area contributed by atoms with Crippen LogP contribution in [0.4, 0.5) is 0 Å². The minimum absolute atomic E-state index is 0.772. The van der Waals surface area contributed by atoms with Crippen LogP contribution < -0.4 is 0 Å². The third kappa shape index (κ3) is 2.58. The third-order valence-corrected chi connectivity index (χ3v) is 3.87. The van der Waals surface area contributed by atoms with Gasteiger partial charge in [-0.3, -0.25) is 4.98 Å². The molecule has 0 N–H and O–H groups in total. The average Bonchev–Trinajstić information content (AvgIpc) is 2.30. The first-order chi connectivity index (χ1) is 7.27. The van der Waals surface area contributed by atoms with Gasteiger partial charge >= 0.3 is 0 Å². The summed E-state index contributed by atoms with van der Waals surface area (Å²) in [5.41, 5.74) is 1.44. The van der Waals surface area contributed by atoms with E-state index in [0.29, 0.717) is 0 Å². The summed E-state index contributed by atoms with van der Waals surface area (Å²) in [6.07, 6.45) is 9.42. The maximum absolute atomic E-state index is 4.21. The molecule has 0 saturated heterocycles. The molecule has 0 spiro atoms. The summed E-state index contributed by atoms with van der Waals surface area (Å²) < 4.78 is 0. The first-order valence-corrected chi connectivity index (χ1v) is 6.17. The van der Waals surface area contributed by atoms with Gasteiger partial charge in [-0.25, -0.2) is 0 Å². The Bertz CT molecular complexity index is 283. The summed E-state index contributed by atoms with van der Waals surface area (Å²) in [6.45, 7) is 4.71. The zero-order chi connectivity index (χ0) is 10.7. The molecule has 0 aliphatic heterocycles. The lowest BCUT2D eigenvalue weighted by atomic mass is 9.75. The molecule has 0 bridgehead atoms. The van der Waals surface area contributed by atoms with Gasteiger partial charge in [-0.1, -0.05) is 19.9 Å². The second-order valence-electron chi connectivity index (χ2n) is 5.14. The Labute approximate surface area is 92.9 Å². The van der Waals surface area contributed by atoms with Crippen molar-refractivity contribution in [2.24, 2.45) is 11.8 Å². The number of pyridine rings is 1. The Morgan fingerprint density at radius 3 is 2.47 bits per heavy atom. The molecular weight excluding hydrogens is 182 g/mol. The van der Waals surface area contributed by atoms with Crippen LogP contribution in [0.15, 0.2) is 24.5 Å². The van der Waals surface area contributed by atoms with Gasteiger partial charge in [0.15, 0.2) is 0 Å². The molecule has 0 amide bonds. The predicted molar refractivity (Wildman–Crippen MR) is 63.8 cm³/mol. The van der Waals surface area contributed by atoms with E-state index >= 15 is 0 Å². The van der Waals surface area contributed by atoms with E-state index < -0.39 is 0 Å². The second kappa shape index (κ2) is 4.78. The lowest BCUT2D eigenvalue weighted by Crippen LogP contribution is -2.17. The van der Waals surface area contributed by atoms with Crippen molar-refractivity contribution in [3.05, 3.63) is 30.1 Å². The summed E-state index contributed by atoms with van der Waals surface area (Å²) in [6, 6.07) is 4.29. The standard InChI is InChI=1S/C14H21N/c1-11(2)12-5-7-13(8-6-12)14-4-3-9-15-10-14/h3-4,9-13H,5-8H2,1-2H3. The van der Waals surface area contributed by atoms with Crippen LogP contribution in [0.5, 0.6) is 0 Å². The molecule has 2 rings (SSSR count). The average molecular weight is 203 g/mol. The maximum atomic E-state index is 4.21. The van der Waals surface area contributed by atoms with Crippen LogP contribution in [-0.2, 0) is 0 Å². The molecule has 0 atom stereocenters. The lowest BCUT2D eigenvalue weighted by molar-refractivity contribution is 0.258. The fraction of sp³-hybridized carbons (Fsp3) is 0.643. The Balaban J connectivity index is 1.94. The van der Waals surface area contributed by atoms with E-state index in [1.54, 1.807) is 0 Å². The SMILES string of the molecule is CC(C)C1CCC(c2cccnc2)CC1. The number of hydrogen-bond donors (Lipinski definition) is 0. The van der Waals surface area contributed by atoms with Crippen molar-refractivity contribution in [2.45, 2.75) is 45.4 Å². The number of rotatable bonds is 2. The van der Waals surface area contributed by atoms with Crippen LogP contribution in [0.1, 0.15) is 51.0 Å². The number of hydrogen-bond acceptors (Lipinski definition) is 1. The summed E-state index contributed by atoms with van der Waals surface area (Å²) >= 11 is 0. The Morgan fingerprint density at radius 2 is 1.93 bits per heavy atom. The predicted octanol–water partition coefficient (Wildman–Crippen LogP) is 4.01. The zero-order valence-electron chi connectivity index (χ0n) is 9.82. The molecule has 1 aromatic rings. The molecule has 1 aromatic heterocycles. The van der Waals surface area contributed by atoms with Crippen molar-refractivity contribution < 1.29 is 0 Å². The highest BCUT2D eigenvalue weighted by Gasteiger charge is 2.23. The topological polar surface area (TPSA) is 12.9 Å². The zero-order valence-corrected chi connectivity index (χ0v) is 9.82. The van der Waals surface area contributed by atoms with Gasteiger partial charge in [-0.2, -0.15) is 0 Å². The molecule has 0 unspecified atom stereocenters. The summed E-state index contributed by atoms with van der Waals surface area (Å²) in [7, 11) is 0. The van der Waals surface area contributed by atoms with E-state index in [-0.39, 0.29) is 0 Å². The summed E-state index contributed by atoms with van der Waals surface area (Å²) in [5.74, 6) is 2.59. The van der Waals surface area contributed by atoms with Crippen molar-refractivity contribution in [1.29, 1.82) is 0 Å². The van der Waals surface area contributed by atoms with Gasteiger partial charge in [0.2, 0.25) is 0 Å². The van der Waals surface area contributed by atoms with Gasteiger partial charge in [0.1, 0.15) is 0 Å². The van der Waals surface area contributed by atoms with Gasteiger partial charge in [0, 0.05) is 12.4 Å². The Morgan fingerprint density at radius 1 is 1.20 bits per heavy atom. The normalized spacial score (nSPS) is 26.9. The van der Waals surface area contributed by atoms with Crippen LogP contribution in [0.25, 0.3) is 0 Å². The van der Waals surface area contributed by atoms with Crippen LogP contribution in [0.2, 0.25) is 0 Å². The summed E-state index contributed by atoms with van der Waals surface area (Å²) in [5, 5.41) is 0. The Kier molecular flexibility index (Phi) is 3.40. The molecule has 1 aliphatic carbocycles. The highest BCUT2D eigenvalue weighted by Crippen LogP contribution is 2.38. The van der Waals surface area contributed by atoms with E-state index in [4.69, 9.17) is 0 Å². The molecule has 0 aromatic carbocycles. The van der Waals surface area contributed by atoms with Crippen molar-refractivity contribution in [2.75, 3.05) is 0 Å². The van der Waals surface area contributed by atoms with Crippen molar-refractivity contribution in [3.8, 4) is 0 Å². The van der Waals surface area contributed by atoms with Crippen molar-refractivity contribution in [1.82, 2.24) is 4.98 Å². The van der Waals surface area contributed by atoms with Gasteiger partial charge < -0.3 is 0 Å². The highest BCUT2D eigenvalue weighted by atomic mass is 14.6. The molecule has 1 nitrogen and oxygen atoms in total. The van der Waals surface area contributed by atoms with Gasteiger partial charge in [0.25, 0.3) is 0 Å². The largest absolute Gasteiger partial charge is 0.264 e. The quantitative estimate of drug-likeness (QED) is 0.707. The molecule has 1 saturated carbocycles. The van der Waals surface area contributed by atoms with Crippen LogP contribution in [0.3, 0.4) is 0 Å². The van der Waals surface area contributed by atoms with Crippen LogP contribution in [0, 0.1) is 11.8 Å². The maximum Gasteiger partial charge on any atom is 0.0302 e. The fourth-order valence-electron chi connectivity index (χ4n) is 2.74. The van der Waals surface area contributed by atoms with Crippen molar-refractivity contribution >= 4 is 0 Å². The fourth-order valence-corrected chi connectivity index (χ4v) is 2.74. The first-order valence-electron chi connectivity index (χ1n) is 6.17. The third-order valence-electron chi connectivity index (χ3n) is 3.87. The Hall–Kier alpha value is -0.850. The van der Waals surface area contributed by atoms with Gasteiger partial charge in [-0.15, -0.1) is 0 Å². The molecule has 0 radical (unpaired) electrons. The monoisotopic (exact) mass is 203 g/mol. The highest BCUT2D eigenvalue weighted by molar-refractivity contribution is 5.15. The second-order valence-corrected chi connectivity index (χ2v) is 5.14. The van der Waals surface area contributed by atoms with E-state index in [1.165, 1.54) is 31.2 Å². The molecule has 1 aliphatic rings. The molecule has 82 valence electrons. The lowest BCUT2D eigenvalue weighted by Gasteiger charge is -2.30. The van der Waals surface area contributed by atoms with Gasteiger partial charge in [0.05, 0.1) is 0 Å².